The maximum absolute atomic E-state index is 12.0. The number of halogens is 4. The summed E-state index contributed by atoms with van der Waals surface area (Å²) in [7, 11) is 0. The third-order valence-corrected chi connectivity index (χ3v) is 3.50. The number of nitrogens with zero attached hydrogens (tertiary/aromatic N) is 1. The summed E-state index contributed by atoms with van der Waals surface area (Å²) in [5.41, 5.74) is 0. The van der Waals surface area contributed by atoms with E-state index in [0.29, 0.717) is 11.9 Å². The molecule has 1 atom stereocenters. The quantitative estimate of drug-likeness (QED) is 0.734. The normalized spacial score (nSPS) is 22.2. The van der Waals surface area contributed by atoms with Gasteiger partial charge in [0.2, 0.25) is 5.91 Å². The van der Waals surface area contributed by atoms with Gasteiger partial charge in [0.25, 0.3) is 0 Å². The number of hydrogen-bond acceptors (Lipinski definition) is 1. The Bertz CT molecular complexity index is 245. The first-order chi connectivity index (χ1) is 7.44. The monoisotopic (exact) mass is 301 g/mol. The van der Waals surface area contributed by atoms with E-state index in [1.54, 1.807) is 4.90 Å². The molecule has 1 aliphatic rings. The summed E-state index contributed by atoms with van der Waals surface area (Å²) in [4.78, 5) is 13.2. The van der Waals surface area contributed by atoms with Gasteiger partial charge in [-0.1, -0.05) is 15.9 Å². The molecule has 1 unspecified atom stereocenters. The lowest BCUT2D eigenvalue weighted by Gasteiger charge is -2.35. The van der Waals surface area contributed by atoms with Gasteiger partial charge in [0.05, 0.1) is 6.42 Å². The highest BCUT2D eigenvalue weighted by Gasteiger charge is 2.31. The minimum absolute atomic E-state index is 0.0643. The Hall–Kier alpha value is -0.260. The lowest BCUT2D eigenvalue weighted by atomic mass is 10.0. The SMILES string of the molecule is O=C(CCC(F)(F)F)N1CCCCC1CBr. The van der Waals surface area contributed by atoms with Crippen LogP contribution in [0, 0.1) is 0 Å². The van der Waals surface area contributed by atoms with Gasteiger partial charge >= 0.3 is 6.18 Å². The van der Waals surface area contributed by atoms with E-state index in [2.05, 4.69) is 15.9 Å². The minimum Gasteiger partial charge on any atom is -0.339 e. The fourth-order valence-electron chi connectivity index (χ4n) is 1.88. The van der Waals surface area contributed by atoms with Gasteiger partial charge in [0, 0.05) is 24.3 Å². The number of likely N-dealkylation sites (tertiary alicyclic amines) is 1. The summed E-state index contributed by atoms with van der Waals surface area (Å²) < 4.78 is 35.9. The Morgan fingerprint density at radius 2 is 2.06 bits per heavy atom. The predicted molar refractivity (Wildman–Crippen MR) is 58.4 cm³/mol. The Morgan fingerprint density at radius 1 is 1.38 bits per heavy atom. The van der Waals surface area contributed by atoms with E-state index in [9.17, 15) is 18.0 Å². The molecule has 1 heterocycles. The molecular formula is C10H15BrF3NO. The molecule has 1 fully saturated rings. The van der Waals surface area contributed by atoms with E-state index < -0.39 is 19.0 Å². The Kier molecular flexibility index (Phi) is 5.08. The van der Waals surface area contributed by atoms with Gasteiger partial charge in [-0.2, -0.15) is 13.2 Å². The zero-order valence-electron chi connectivity index (χ0n) is 8.89. The van der Waals surface area contributed by atoms with Gasteiger partial charge in [-0.05, 0) is 19.3 Å². The first kappa shape index (κ1) is 13.8. The highest BCUT2D eigenvalue weighted by molar-refractivity contribution is 9.09. The number of piperidine rings is 1. The van der Waals surface area contributed by atoms with Crippen LogP contribution in [0.4, 0.5) is 13.2 Å². The second kappa shape index (κ2) is 5.89. The Balaban J connectivity index is 2.45. The van der Waals surface area contributed by atoms with Crippen LogP contribution in [0.25, 0.3) is 0 Å². The van der Waals surface area contributed by atoms with Crippen LogP contribution in [0.15, 0.2) is 0 Å². The highest BCUT2D eigenvalue weighted by atomic mass is 79.9. The van der Waals surface area contributed by atoms with Gasteiger partial charge in [0.15, 0.2) is 0 Å². The second-order valence-corrected chi connectivity index (χ2v) is 4.65. The first-order valence-electron chi connectivity index (χ1n) is 5.36. The van der Waals surface area contributed by atoms with Crippen LogP contribution >= 0.6 is 15.9 Å². The average Bonchev–Trinajstić information content (AvgIpc) is 2.25. The average molecular weight is 302 g/mol. The molecule has 1 amide bonds. The van der Waals surface area contributed by atoms with Crippen molar-refractivity contribution in [2.45, 2.75) is 44.3 Å². The van der Waals surface area contributed by atoms with E-state index in [1.807, 2.05) is 0 Å². The van der Waals surface area contributed by atoms with E-state index >= 15 is 0 Å². The van der Waals surface area contributed by atoms with Crippen LogP contribution in [0.2, 0.25) is 0 Å². The Morgan fingerprint density at radius 3 is 2.62 bits per heavy atom. The molecule has 16 heavy (non-hydrogen) atoms. The van der Waals surface area contributed by atoms with Crippen molar-refractivity contribution >= 4 is 21.8 Å². The van der Waals surface area contributed by atoms with Crippen LogP contribution in [0.3, 0.4) is 0 Å². The van der Waals surface area contributed by atoms with Gasteiger partial charge < -0.3 is 4.90 Å². The molecule has 0 bridgehead atoms. The second-order valence-electron chi connectivity index (χ2n) is 4.01. The highest BCUT2D eigenvalue weighted by Crippen LogP contribution is 2.24. The number of carbonyl (C=O) groups is 1. The zero-order chi connectivity index (χ0) is 12.2. The summed E-state index contributed by atoms with van der Waals surface area (Å²) in [5.74, 6) is -0.374. The van der Waals surface area contributed by atoms with Crippen molar-refractivity contribution in [2.75, 3.05) is 11.9 Å². The summed E-state index contributed by atoms with van der Waals surface area (Å²) in [6.07, 6.45) is -2.87. The number of alkyl halides is 4. The summed E-state index contributed by atoms with van der Waals surface area (Å²) in [6.45, 7) is 0.590. The molecule has 1 saturated heterocycles. The Labute approximate surface area is 101 Å². The van der Waals surface area contributed by atoms with E-state index in [1.165, 1.54) is 0 Å². The molecular weight excluding hydrogens is 287 g/mol. The fraction of sp³-hybridized carbons (Fsp3) is 0.900. The van der Waals surface area contributed by atoms with Crippen molar-refractivity contribution in [1.29, 1.82) is 0 Å². The van der Waals surface area contributed by atoms with Crippen LogP contribution in [-0.4, -0.2) is 34.9 Å². The lowest BCUT2D eigenvalue weighted by molar-refractivity contribution is -0.150. The fourth-order valence-corrected chi connectivity index (χ4v) is 2.55. The molecule has 94 valence electrons. The molecule has 0 aromatic heterocycles. The molecule has 1 aliphatic heterocycles. The minimum atomic E-state index is -4.24. The van der Waals surface area contributed by atoms with Crippen molar-refractivity contribution in [3.63, 3.8) is 0 Å². The maximum Gasteiger partial charge on any atom is 0.389 e. The molecule has 0 aromatic carbocycles. The molecule has 0 N–H and O–H groups in total. The molecule has 0 radical (unpaired) electrons. The number of rotatable bonds is 3. The zero-order valence-corrected chi connectivity index (χ0v) is 10.5. The van der Waals surface area contributed by atoms with Gasteiger partial charge in [-0.15, -0.1) is 0 Å². The van der Waals surface area contributed by atoms with Crippen LogP contribution in [-0.2, 0) is 4.79 Å². The van der Waals surface area contributed by atoms with Crippen LogP contribution < -0.4 is 0 Å². The van der Waals surface area contributed by atoms with Crippen molar-refractivity contribution in [1.82, 2.24) is 4.90 Å². The van der Waals surface area contributed by atoms with Crippen molar-refractivity contribution in [3.8, 4) is 0 Å². The van der Waals surface area contributed by atoms with Crippen molar-refractivity contribution in [3.05, 3.63) is 0 Å². The number of carbonyl (C=O) groups excluding carboxylic acids is 1. The molecule has 0 spiro atoms. The van der Waals surface area contributed by atoms with E-state index in [0.717, 1.165) is 19.3 Å². The molecule has 1 rings (SSSR count). The number of hydrogen-bond donors (Lipinski definition) is 0. The van der Waals surface area contributed by atoms with E-state index in [-0.39, 0.29) is 11.9 Å². The van der Waals surface area contributed by atoms with Crippen molar-refractivity contribution in [2.24, 2.45) is 0 Å². The lowest BCUT2D eigenvalue weighted by Crippen LogP contribution is -2.44. The maximum atomic E-state index is 12.0. The summed E-state index contributed by atoms with van der Waals surface area (Å²) in [6, 6.07) is 0.0643. The van der Waals surface area contributed by atoms with Gasteiger partial charge in [-0.25, -0.2) is 0 Å². The van der Waals surface area contributed by atoms with Crippen LogP contribution in [0.1, 0.15) is 32.1 Å². The standard InChI is InChI=1S/C10H15BrF3NO/c11-7-8-3-1-2-6-15(8)9(16)4-5-10(12,13)14/h8H,1-7H2. The van der Waals surface area contributed by atoms with Gasteiger partial charge in [0.1, 0.15) is 0 Å². The van der Waals surface area contributed by atoms with Gasteiger partial charge in [-0.3, -0.25) is 4.79 Å². The third-order valence-electron chi connectivity index (χ3n) is 2.75. The van der Waals surface area contributed by atoms with E-state index in [4.69, 9.17) is 0 Å². The van der Waals surface area contributed by atoms with Crippen molar-refractivity contribution < 1.29 is 18.0 Å². The third kappa shape index (κ3) is 4.31. The first-order valence-corrected chi connectivity index (χ1v) is 6.48. The largest absolute Gasteiger partial charge is 0.389 e. The summed E-state index contributed by atoms with van der Waals surface area (Å²) in [5, 5.41) is 0.644. The molecule has 0 aromatic rings. The molecule has 6 heteroatoms. The molecule has 0 saturated carbocycles. The van der Waals surface area contributed by atoms with Crippen LogP contribution in [0.5, 0.6) is 0 Å². The number of amides is 1. The topological polar surface area (TPSA) is 20.3 Å². The predicted octanol–water partition coefficient (Wildman–Crippen LogP) is 3.10. The smallest absolute Gasteiger partial charge is 0.339 e. The molecule has 2 nitrogen and oxygen atoms in total. The summed E-state index contributed by atoms with van der Waals surface area (Å²) >= 11 is 3.29. The molecule has 0 aliphatic carbocycles.